The summed E-state index contributed by atoms with van der Waals surface area (Å²) in [5, 5.41) is 11.7. The maximum Gasteiger partial charge on any atom is 0.305 e. The molecule has 2 aliphatic heterocycles. The molecule has 0 aromatic heterocycles. The van der Waals surface area contributed by atoms with Crippen molar-refractivity contribution < 1.29 is 19.4 Å². The molecule has 0 bridgehead atoms. The average molecular weight is 390 g/mol. The smallest absolute Gasteiger partial charge is 0.305 e. The Bertz CT molecular complexity index is 901. The molecule has 7 heteroatoms. The van der Waals surface area contributed by atoms with Crippen LogP contribution in [0, 0.1) is 0 Å². The van der Waals surface area contributed by atoms with Gasteiger partial charge in [0.15, 0.2) is 0 Å². The van der Waals surface area contributed by atoms with Crippen molar-refractivity contribution in [3.8, 4) is 5.75 Å². The molecule has 0 fully saturated rings. The Kier molecular flexibility index (Phi) is 4.54. The summed E-state index contributed by atoms with van der Waals surface area (Å²) >= 11 is 7.54. The zero-order valence-corrected chi connectivity index (χ0v) is 15.3. The number of benzene rings is 2. The number of carbonyl (C=O) groups excluding carboxylic acids is 1. The van der Waals surface area contributed by atoms with Crippen molar-refractivity contribution in [2.75, 3.05) is 11.9 Å². The average Bonchev–Trinajstić information content (AvgIpc) is 3.04. The second kappa shape index (κ2) is 6.85. The van der Waals surface area contributed by atoms with Gasteiger partial charge >= 0.3 is 5.97 Å². The second-order valence-corrected chi connectivity index (χ2v) is 8.01. The highest BCUT2D eigenvalue weighted by molar-refractivity contribution is 8.01. The van der Waals surface area contributed by atoms with Crippen molar-refractivity contribution in [2.45, 2.75) is 23.3 Å². The van der Waals surface area contributed by atoms with Gasteiger partial charge in [-0.25, -0.2) is 0 Å². The molecule has 2 atom stereocenters. The molecule has 0 unspecified atom stereocenters. The molecule has 0 radical (unpaired) electrons. The molecular formula is C19H16ClNO4S. The lowest BCUT2D eigenvalue weighted by atomic mass is 9.99. The van der Waals surface area contributed by atoms with E-state index in [1.807, 2.05) is 24.3 Å². The lowest BCUT2D eigenvalue weighted by Crippen LogP contribution is -2.26. The molecule has 5 nitrogen and oxygen atoms in total. The van der Waals surface area contributed by atoms with Crippen LogP contribution in [0.1, 0.15) is 28.4 Å². The number of carboxylic acid groups (broad SMARTS) is 1. The number of hydrogen-bond donors (Lipinski definition) is 2. The van der Waals surface area contributed by atoms with Crippen molar-refractivity contribution in [2.24, 2.45) is 0 Å². The SMILES string of the molecule is O=C(O)C[C@@H]1S[C@@H](c2cccc3c2OCC3)c2cc(Cl)ccc2NC1=O. The molecule has 2 N–H and O–H groups in total. The van der Waals surface area contributed by atoms with Crippen LogP contribution in [0.25, 0.3) is 0 Å². The first-order valence-corrected chi connectivity index (χ1v) is 9.57. The number of carboxylic acids is 1. The minimum Gasteiger partial charge on any atom is -0.493 e. The third-order valence-corrected chi connectivity index (χ3v) is 6.26. The van der Waals surface area contributed by atoms with E-state index >= 15 is 0 Å². The second-order valence-electron chi connectivity index (χ2n) is 6.26. The Labute approximate surface area is 159 Å². The van der Waals surface area contributed by atoms with Crippen LogP contribution in [0.4, 0.5) is 5.69 Å². The van der Waals surface area contributed by atoms with Gasteiger partial charge in [0.1, 0.15) is 5.75 Å². The van der Waals surface area contributed by atoms with Crippen LogP contribution in [-0.2, 0) is 16.0 Å². The van der Waals surface area contributed by atoms with Gasteiger partial charge in [0.2, 0.25) is 5.91 Å². The highest BCUT2D eigenvalue weighted by Crippen LogP contribution is 2.49. The molecule has 2 aromatic carbocycles. The molecule has 4 rings (SSSR count). The van der Waals surface area contributed by atoms with Gasteiger partial charge in [-0.2, -0.15) is 0 Å². The summed E-state index contributed by atoms with van der Waals surface area (Å²) in [4.78, 5) is 23.8. The lowest BCUT2D eigenvalue weighted by Gasteiger charge is -2.21. The summed E-state index contributed by atoms with van der Waals surface area (Å²) in [6.45, 7) is 0.627. The predicted octanol–water partition coefficient (Wildman–Crippen LogP) is 3.89. The molecule has 1 amide bonds. The van der Waals surface area contributed by atoms with Gasteiger partial charge in [-0.05, 0) is 29.3 Å². The molecule has 0 spiro atoms. The monoisotopic (exact) mass is 389 g/mol. The quantitative estimate of drug-likeness (QED) is 0.832. The first-order valence-electron chi connectivity index (χ1n) is 8.25. The zero-order valence-electron chi connectivity index (χ0n) is 13.7. The van der Waals surface area contributed by atoms with Crippen LogP contribution >= 0.6 is 23.4 Å². The minimum absolute atomic E-state index is 0.245. The summed E-state index contributed by atoms with van der Waals surface area (Å²) in [5.41, 5.74) is 3.58. The van der Waals surface area contributed by atoms with Gasteiger partial charge in [-0.15, -0.1) is 11.8 Å². The van der Waals surface area contributed by atoms with Gasteiger partial charge < -0.3 is 15.2 Å². The number of aliphatic carboxylic acids is 1. The van der Waals surface area contributed by atoms with Gasteiger partial charge in [0.05, 0.1) is 23.5 Å². The number of fused-ring (bicyclic) bond motifs is 2. The van der Waals surface area contributed by atoms with Gasteiger partial charge in [0, 0.05) is 22.7 Å². The Balaban J connectivity index is 1.85. The van der Waals surface area contributed by atoms with Crippen molar-refractivity contribution in [3.05, 3.63) is 58.1 Å². The van der Waals surface area contributed by atoms with E-state index < -0.39 is 11.2 Å². The van der Waals surface area contributed by atoms with Gasteiger partial charge in [0.25, 0.3) is 0 Å². The normalized spacial score (nSPS) is 21.2. The molecule has 26 heavy (non-hydrogen) atoms. The van der Waals surface area contributed by atoms with Crippen molar-refractivity contribution in [1.29, 1.82) is 0 Å². The van der Waals surface area contributed by atoms with Crippen LogP contribution < -0.4 is 10.1 Å². The Morgan fingerprint density at radius 1 is 1.31 bits per heavy atom. The number of anilines is 1. The number of hydrogen-bond acceptors (Lipinski definition) is 4. The summed E-state index contributed by atoms with van der Waals surface area (Å²) in [5.74, 6) is -0.480. The number of ether oxygens (including phenoxy) is 1. The fourth-order valence-electron chi connectivity index (χ4n) is 3.36. The van der Waals surface area contributed by atoms with E-state index in [9.17, 15) is 14.7 Å². The van der Waals surface area contributed by atoms with Crippen LogP contribution in [-0.4, -0.2) is 28.8 Å². The van der Waals surface area contributed by atoms with E-state index in [1.54, 1.807) is 12.1 Å². The molecule has 0 saturated carbocycles. The standard InChI is InChI=1S/C19H16ClNO4S/c20-11-4-5-14-13(8-11)18(26-15(9-16(22)23)19(24)21-14)12-3-1-2-10-6-7-25-17(10)12/h1-5,8,15,18H,6-7,9H2,(H,21,24)(H,22,23)/t15-,18-/m0/s1. The van der Waals surface area contributed by atoms with Crippen LogP contribution in [0.2, 0.25) is 5.02 Å². The van der Waals surface area contributed by atoms with E-state index in [2.05, 4.69) is 5.32 Å². The fourth-order valence-corrected chi connectivity index (χ4v) is 4.97. The van der Waals surface area contributed by atoms with E-state index in [1.165, 1.54) is 11.8 Å². The molecule has 0 saturated heterocycles. The lowest BCUT2D eigenvalue weighted by molar-refractivity contribution is -0.138. The number of rotatable bonds is 3. The van der Waals surface area contributed by atoms with Crippen molar-refractivity contribution >= 4 is 40.9 Å². The first-order chi connectivity index (χ1) is 12.5. The highest BCUT2D eigenvalue weighted by Gasteiger charge is 2.35. The third-order valence-electron chi connectivity index (χ3n) is 4.53. The number of amides is 1. The summed E-state index contributed by atoms with van der Waals surface area (Å²) in [6.07, 6.45) is 0.600. The maximum atomic E-state index is 12.5. The molecule has 0 aliphatic carbocycles. The van der Waals surface area contributed by atoms with Crippen molar-refractivity contribution in [1.82, 2.24) is 0 Å². The van der Waals surface area contributed by atoms with E-state index in [4.69, 9.17) is 16.3 Å². The Morgan fingerprint density at radius 2 is 2.15 bits per heavy atom. The topological polar surface area (TPSA) is 75.6 Å². The number of halogens is 1. The molecule has 2 aromatic rings. The van der Waals surface area contributed by atoms with Gasteiger partial charge in [-0.3, -0.25) is 9.59 Å². The van der Waals surface area contributed by atoms with Gasteiger partial charge in [-0.1, -0.05) is 29.8 Å². The summed E-state index contributed by atoms with van der Waals surface area (Å²) in [7, 11) is 0. The largest absolute Gasteiger partial charge is 0.493 e. The number of carbonyl (C=O) groups is 2. The van der Waals surface area contributed by atoms with E-state index in [0.29, 0.717) is 17.3 Å². The minimum atomic E-state index is -1.00. The number of para-hydroxylation sites is 1. The number of nitrogens with one attached hydrogen (secondary N) is 1. The third kappa shape index (κ3) is 3.15. The van der Waals surface area contributed by atoms with E-state index in [0.717, 1.165) is 28.9 Å². The first kappa shape index (κ1) is 17.2. The number of thioether (sulfide) groups is 1. The van der Waals surface area contributed by atoms with E-state index in [-0.39, 0.29) is 17.6 Å². The fraction of sp³-hybridized carbons (Fsp3) is 0.263. The Morgan fingerprint density at radius 3 is 2.96 bits per heavy atom. The summed E-state index contributed by atoms with van der Waals surface area (Å²) in [6, 6.07) is 11.3. The van der Waals surface area contributed by atoms with Crippen LogP contribution in [0.3, 0.4) is 0 Å². The zero-order chi connectivity index (χ0) is 18.3. The molecular weight excluding hydrogens is 374 g/mol. The highest BCUT2D eigenvalue weighted by atomic mass is 35.5. The predicted molar refractivity (Wildman–Crippen MR) is 101 cm³/mol. The molecule has 2 heterocycles. The molecule has 134 valence electrons. The van der Waals surface area contributed by atoms with Crippen LogP contribution in [0.5, 0.6) is 5.75 Å². The maximum absolute atomic E-state index is 12.5. The summed E-state index contributed by atoms with van der Waals surface area (Å²) < 4.78 is 5.84. The molecule has 2 aliphatic rings. The Hall–Kier alpha value is -2.18. The van der Waals surface area contributed by atoms with Crippen LogP contribution in [0.15, 0.2) is 36.4 Å². The van der Waals surface area contributed by atoms with Crippen molar-refractivity contribution in [3.63, 3.8) is 0 Å².